The Bertz CT molecular complexity index is 1130. The maximum Gasteiger partial charge on any atom is 0.282 e. The molecule has 1 aromatic carbocycles. The van der Waals surface area contributed by atoms with Crippen LogP contribution >= 0.6 is 23.4 Å². The number of nitrogens with one attached hydrogen (secondary N) is 1. The number of anilines is 1. The minimum atomic E-state index is -0.605. The number of amides is 1. The van der Waals surface area contributed by atoms with Crippen LogP contribution in [-0.2, 0) is 18.4 Å². The molecule has 0 spiro atoms. The van der Waals surface area contributed by atoms with Gasteiger partial charge in [-0.1, -0.05) is 23.4 Å². The van der Waals surface area contributed by atoms with E-state index in [-0.39, 0.29) is 22.0 Å². The Morgan fingerprint density at radius 3 is 2.93 bits per heavy atom. The van der Waals surface area contributed by atoms with Crippen LogP contribution in [0.15, 0.2) is 34.3 Å². The molecule has 1 aliphatic carbocycles. The zero-order valence-corrected chi connectivity index (χ0v) is 16.6. The second-order valence-corrected chi connectivity index (χ2v) is 8.13. The van der Waals surface area contributed by atoms with Crippen LogP contribution in [0.1, 0.15) is 12.8 Å². The molecule has 2 heterocycles. The average Bonchev–Trinajstić information content (AvgIpc) is 3.38. The first-order valence-electron chi connectivity index (χ1n) is 8.72. The van der Waals surface area contributed by atoms with Crippen molar-refractivity contribution in [3.05, 3.63) is 45.6 Å². The molecule has 146 valence electrons. The molecule has 2 aromatic heterocycles. The number of hydrogen-bond acceptors (Lipinski definition) is 5. The summed E-state index contributed by atoms with van der Waals surface area (Å²) < 4.78 is 17.0. The molecule has 4 rings (SSSR count). The van der Waals surface area contributed by atoms with E-state index < -0.39 is 11.7 Å². The van der Waals surface area contributed by atoms with Crippen molar-refractivity contribution in [2.75, 3.05) is 11.1 Å². The fourth-order valence-electron chi connectivity index (χ4n) is 2.83. The Balaban J connectivity index is 1.54. The first-order chi connectivity index (χ1) is 13.4. The molecule has 3 aromatic rings. The van der Waals surface area contributed by atoms with Gasteiger partial charge in [-0.25, -0.2) is 9.37 Å². The summed E-state index contributed by atoms with van der Waals surface area (Å²) in [6.07, 6.45) is 3.83. The van der Waals surface area contributed by atoms with Crippen LogP contribution < -0.4 is 10.9 Å². The zero-order valence-electron chi connectivity index (χ0n) is 15.0. The van der Waals surface area contributed by atoms with Crippen molar-refractivity contribution in [1.82, 2.24) is 19.3 Å². The normalized spacial score (nSPS) is 13.8. The number of nitrogens with zero attached hydrogens (tertiary/aromatic N) is 4. The van der Waals surface area contributed by atoms with E-state index in [2.05, 4.69) is 15.4 Å². The SMILES string of the molecule is Cn1cc2nc(SCC(=O)Nc3ccc(Cl)cc3F)n(CC3CC3)c(=O)c2n1. The Labute approximate surface area is 168 Å². The smallest absolute Gasteiger partial charge is 0.282 e. The topological polar surface area (TPSA) is 81.8 Å². The molecule has 1 saturated carbocycles. The predicted octanol–water partition coefficient (Wildman–Crippen LogP) is 3.06. The van der Waals surface area contributed by atoms with Gasteiger partial charge in [0.25, 0.3) is 5.56 Å². The van der Waals surface area contributed by atoms with Crippen LogP contribution in [-0.4, -0.2) is 31.0 Å². The molecule has 10 heteroatoms. The highest BCUT2D eigenvalue weighted by atomic mass is 35.5. The van der Waals surface area contributed by atoms with E-state index in [4.69, 9.17) is 11.6 Å². The van der Waals surface area contributed by atoms with E-state index in [1.807, 2.05) is 0 Å². The highest BCUT2D eigenvalue weighted by Gasteiger charge is 2.25. The van der Waals surface area contributed by atoms with Gasteiger partial charge in [0.15, 0.2) is 10.7 Å². The number of fused-ring (bicyclic) bond motifs is 1. The summed E-state index contributed by atoms with van der Waals surface area (Å²) in [6, 6.07) is 4.04. The lowest BCUT2D eigenvalue weighted by molar-refractivity contribution is -0.113. The largest absolute Gasteiger partial charge is 0.323 e. The van der Waals surface area contributed by atoms with Crippen molar-refractivity contribution in [2.24, 2.45) is 13.0 Å². The number of thioether (sulfide) groups is 1. The number of aryl methyl sites for hydroxylation is 1. The van der Waals surface area contributed by atoms with Gasteiger partial charge in [0.1, 0.15) is 11.3 Å². The molecule has 7 nitrogen and oxygen atoms in total. The zero-order chi connectivity index (χ0) is 19.8. The predicted molar refractivity (Wildman–Crippen MR) is 106 cm³/mol. The van der Waals surface area contributed by atoms with Crippen LogP contribution in [0, 0.1) is 11.7 Å². The first-order valence-corrected chi connectivity index (χ1v) is 10.1. The third kappa shape index (κ3) is 4.05. The Morgan fingerprint density at radius 2 is 2.21 bits per heavy atom. The van der Waals surface area contributed by atoms with E-state index in [0.717, 1.165) is 30.7 Å². The Morgan fingerprint density at radius 1 is 1.43 bits per heavy atom. The minimum absolute atomic E-state index is 0.00899. The molecule has 0 atom stereocenters. The van der Waals surface area contributed by atoms with Gasteiger partial charge in [-0.15, -0.1) is 0 Å². The van der Waals surface area contributed by atoms with E-state index >= 15 is 0 Å². The molecule has 1 N–H and O–H groups in total. The molecule has 28 heavy (non-hydrogen) atoms. The lowest BCUT2D eigenvalue weighted by atomic mass is 10.3. The molecule has 0 unspecified atom stereocenters. The summed E-state index contributed by atoms with van der Waals surface area (Å²) in [5.41, 5.74) is 0.664. The molecule has 0 bridgehead atoms. The summed E-state index contributed by atoms with van der Waals surface area (Å²) in [4.78, 5) is 29.6. The fourth-order valence-corrected chi connectivity index (χ4v) is 3.79. The minimum Gasteiger partial charge on any atom is -0.323 e. The van der Waals surface area contributed by atoms with Crippen LogP contribution in [0.25, 0.3) is 11.0 Å². The molecule has 1 aliphatic rings. The van der Waals surface area contributed by atoms with Gasteiger partial charge in [0, 0.05) is 18.6 Å². The van der Waals surface area contributed by atoms with E-state index in [9.17, 15) is 14.0 Å². The monoisotopic (exact) mass is 421 g/mol. The number of halogens is 2. The van der Waals surface area contributed by atoms with Crippen LogP contribution in [0.4, 0.5) is 10.1 Å². The summed E-state index contributed by atoms with van der Waals surface area (Å²) in [7, 11) is 1.73. The quantitative estimate of drug-likeness (QED) is 0.488. The van der Waals surface area contributed by atoms with E-state index in [1.165, 1.54) is 12.1 Å². The maximum absolute atomic E-state index is 13.8. The van der Waals surface area contributed by atoms with E-state index in [1.54, 1.807) is 22.5 Å². The van der Waals surface area contributed by atoms with Gasteiger partial charge >= 0.3 is 0 Å². The third-order valence-electron chi connectivity index (χ3n) is 4.38. The number of benzene rings is 1. The van der Waals surface area contributed by atoms with Gasteiger partial charge in [0.2, 0.25) is 5.91 Å². The van der Waals surface area contributed by atoms with Gasteiger partial charge in [0.05, 0.1) is 17.6 Å². The Kier molecular flexibility index (Phi) is 5.11. The van der Waals surface area contributed by atoms with E-state index in [0.29, 0.717) is 28.7 Å². The number of carbonyl (C=O) groups excluding carboxylic acids is 1. The van der Waals surface area contributed by atoms with Gasteiger partial charge < -0.3 is 5.32 Å². The van der Waals surface area contributed by atoms with Crippen molar-refractivity contribution in [1.29, 1.82) is 0 Å². The third-order valence-corrected chi connectivity index (χ3v) is 5.59. The molecular weight excluding hydrogens is 405 g/mol. The highest BCUT2D eigenvalue weighted by Crippen LogP contribution is 2.31. The number of hydrogen-bond donors (Lipinski definition) is 1. The lowest BCUT2D eigenvalue weighted by Crippen LogP contribution is -2.25. The van der Waals surface area contributed by atoms with Gasteiger partial charge in [-0.2, -0.15) is 5.10 Å². The van der Waals surface area contributed by atoms with Crippen molar-refractivity contribution in [3.8, 4) is 0 Å². The highest BCUT2D eigenvalue weighted by molar-refractivity contribution is 7.99. The fraction of sp³-hybridized carbons (Fsp3) is 0.333. The number of rotatable bonds is 6. The second-order valence-electron chi connectivity index (χ2n) is 6.75. The van der Waals surface area contributed by atoms with Crippen molar-refractivity contribution in [2.45, 2.75) is 24.5 Å². The molecule has 0 aliphatic heterocycles. The molecule has 1 amide bonds. The molecule has 0 radical (unpaired) electrons. The summed E-state index contributed by atoms with van der Waals surface area (Å²) in [6.45, 7) is 0.564. The summed E-state index contributed by atoms with van der Waals surface area (Å²) in [5.74, 6) is -0.557. The van der Waals surface area contributed by atoms with Gasteiger partial charge in [-0.3, -0.25) is 18.8 Å². The second kappa shape index (κ2) is 7.56. The molecular formula is C18H17ClFN5O2S. The van der Waals surface area contributed by atoms with Crippen LogP contribution in [0.5, 0.6) is 0 Å². The lowest BCUT2D eigenvalue weighted by Gasteiger charge is -2.11. The van der Waals surface area contributed by atoms with Gasteiger partial charge in [-0.05, 0) is 37.0 Å². The van der Waals surface area contributed by atoms with Crippen molar-refractivity contribution < 1.29 is 9.18 Å². The average molecular weight is 422 g/mol. The molecule has 1 fully saturated rings. The summed E-state index contributed by atoms with van der Waals surface area (Å²) >= 11 is 6.86. The van der Waals surface area contributed by atoms with Crippen LogP contribution in [0.3, 0.4) is 0 Å². The standard InChI is InChI=1S/C18H17ClFN5O2S/c1-24-8-14-16(23-24)17(27)25(7-10-2-3-10)18(22-14)28-9-15(26)21-13-5-4-11(19)6-12(13)20/h4-6,8,10H,2-3,7,9H2,1H3,(H,21,26). The number of aromatic nitrogens is 4. The number of carbonyl (C=O) groups is 1. The first kappa shape index (κ1) is 18.9. The molecule has 0 saturated heterocycles. The van der Waals surface area contributed by atoms with Crippen molar-refractivity contribution >= 4 is 46.0 Å². The Hall–Kier alpha value is -2.39. The van der Waals surface area contributed by atoms with Crippen LogP contribution in [0.2, 0.25) is 5.02 Å². The van der Waals surface area contributed by atoms with Crippen molar-refractivity contribution in [3.63, 3.8) is 0 Å². The summed E-state index contributed by atoms with van der Waals surface area (Å²) in [5, 5.41) is 7.42. The maximum atomic E-state index is 13.8.